The van der Waals surface area contributed by atoms with Crippen LogP contribution in [-0.4, -0.2) is 10.9 Å². The summed E-state index contributed by atoms with van der Waals surface area (Å²) in [5, 5.41) is 10.6. The lowest BCUT2D eigenvalue weighted by molar-refractivity contribution is -0.384. The van der Waals surface area contributed by atoms with Crippen LogP contribution in [0.3, 0.4) is 0 Å². The van der Waals surface area contributed by atoms with Crippen LogP contribution in [0.2, 0.25) is 0 Å². The molecule has 20 heavy (non-hydrogen) atoms. The first-order chi connectivity index (χ1) is 9.56. The third-order valence-corrected chi connectivity index (χ3v) is 2.75. The Kier molecular flexibility index (Phi) is 4.10. The second kappa shape index (κ2) is 5.97. The van der Waals surface area contributed by atoms with Crippen molar-refractivity contribution in [3.05, 3.63) is 75.3 Å². The fourth-order valence-electron chi connectivity index (χ4n) is 1.78. The molecule has 0 unspecified atom stereocenters. The van der Waals surface area contributed by atoms with Crippen molar-refractivity contribution in [2.75, 3.05) is 0 Å². The van der Waals surface area contributed by atoms with Crippen LogP contribution in [0.4, 0.5) is 5.69 Å². The van der Waals surface area contributed by atoms with Crippen LogP contribution in [0, 0.1) is 17.0 Å². The van der Waals surface area contributed by atoms with Crippen molar-refractivity contribution in [1.82, 2.24) is 0 Å². The number of nitrogens with zero attached hydrogens (tertiary/aromatic N) is 1. The molecule has 0 radical (unpaired) electrons. The average Bonchev–Trinajstić information content (AvgIpc) is 2.45. The van der Waals surface area contributed by atoms with Crippen molar-refractivity contribution in [2.24, 2.45) is 0 Å². The number of non-ortho nitro benzene ring substituents is 1. The molecule has 0 saturated heterocycles. The number of benzene rings is 2. The number of ether oxygens (including phenoxy) is 1. The molecule has 0 aromatic heterocycles. The van der Waals surface area contributed by atoms with Gasteiger partial charge < -0.3 is 4.74 Å². The highest BCUT2D eigenvalue weighted by Crippen LogP contribution is 2.14. The summed E-state index contributed by atoms with van der Waals surface area (Å²) >= 11 is 0. The smallest absolute Gasteiger partial charge is 0.338 e. The van der Waals surface area contributed by atoms with Gasteiger partial charge in [0.2, 0.25) is 0 Å². The Bertz CT molecular complexity index is 652. The van der Waals surface area contributed by atoms with E-state index >= 15 is 0 Å². The predicted molar refractivity (Wildman–Crippen MR) is 73.4 cm³/mol. The average molecular weight is 271 g/mol. The lowest BCUT2D eigenvalue weighted by Crippen LogP contribution is -2.05. The van der Waals surface area contributed by atoms with E-state index in [4.69, 9.17) is 4.74 Å². The molecule has 0 aliphatic heterocycles. The summed E-state index contributed by atoms with van der Waals surface area (Å²) in [7, 11) is 0. The number of carbonyl (C=O) groups excluding carboxylic acids is 1. The van der Waals surface area contributed by atoms with E-state index in [-0.39, 0.29) is 17.9 Å². The van der Waals surface area contributed by atoms with E-state index in [2.05, 4.69) is 0 Å². The van der Waals surface area contributed by atoms with Crippen molar-refractivity contribution in [3.8, 4) is 0 Å². The van der Waals surface area contributed by atoms with Gasteiger partial charge in [-0.2, -0.15) is 0 Å². The number of hydrogen-bond acceptors (Lipinski definition) is 4. The highest BCUT2D eigenvalue weighted by atomic mass is 16.6. The highest BCUT2D eigenvalue weighted by molar-refractivity contribution is 5.90. The van der Waals surface area contributed by atoms with Gasteiger partial charge >= 0.3 is 5.97 Å². The Morgan fingerprint density at radius 1 is 1.20 bits per heavy atom. The Morgan fingerprint density at radius 3 is 2.65 bits per heavy atom. The lowest BCUT2D eigenvalue weighted by Gasteiger charge is -2.05. The minimum atomic E-state index is -0.574. The minimum Gasteiger partial charge on any atom is -0.457 e. The van der Waals surface area contributed by atoms with Crippen molar-refractivity contribution in [2.45, 2.75) is 13.5 Å². The fraction of sp³-hybridized carbons (Fsp3) is 0.133. The molecule has 0 atom stereocenters. The second-order valence-corrected chi connectivity index (χ2v) is 4.37. The van der Waals surface area contributed by atoms with E-state index in [0.29, 0.717) is 0 Å². The summed E-state index contributed by atoms with van der Waals surface area (Å²) in [4.78, 5) is 21.9. The van der Waals surface area contributed by atoms with E-state index in [0.717, 1.165) is 11.1 Å². The van der Waals surface area contributed by atoms with Gasteiger partial charge in [0.1, 0.15) is 6.61 Å². The maximum Gasteiger partial charge on any atom is 0.338 e. The van der Waals surface area contributed by atoms with E-state index in [9.17, 15) is 14.9 Å². The molecule has 5 nitrogen and oxygen atoms in total. The standard InChI is InChI=1S/C15H13NO4/c1-11-4-2-5-12(8-11)10-20-15(17)13-6-3-7-14(9-13)16(18)19/h2-9H,10H2,1H3. The van der Waals surface area contributed by atoms with Gasteiger partial charge in [-0.3, -0.25) is 10.1 Å². The Balaban J connectivity index is 2.05. The molecule has 0 aliphatic carbocycles. The molecule has 0 N–H and O–H groups in total. The van der Waals surface area contributed by atoms with Gasteiger partial charge in [-0.25, -0.2) is 4.79 Å². The monoisotopic (exact) mass is 271 g/mol. The zero-order valence-corrected chi connectivity index (χ0v) is 10.9. The quantitative estimate of drug-likeness (QED) is 0.486. The SMILES string of the molecule is Cc1cccc(COC(=O)c2cccc([N+](=O)[O-])c2)c1. The molecule has 2 aromatic carbocycles. The third kappa shape index (κ3) is 3.41. The predicted octanol–water partition coefficient (Wildman–Crippen LogP) is 3.26. The fourth-order valence-corrected chi connectivity index (χ4v) is 1.78. The largest absolute Gasteiger partial charge is 0.457 e. The maximum atomic E-state index is 11.8. The van der Waals surface area contributed by atoms with Crippen molar-refractivity contribution >= 4 is 11.7 Å². The summed E-state index contributed by atoms with van der Waals surface area (Å²) in [6.07, 6.45) is 0. The number of carbonyl (C=O) groups is 1. The molecule has 0 bridgehead atoms. The van der Waals surface area contributed by atoms with Gasteiger partial charge in [0.15, 0.2) is 0 Å². The third-order valence-electron chi connectivity index (χ3n) is 2.75. The van der Waals surface area contributed by atoms with Crippen molar-refractivity contribution in [1.29, 1.82) is 0 Å². The van der Waals surface area contributed by atoms with Crippen LogP contribution >= 0.6 is 0 Å². The topological polar surface area (TPSA) is 69.4 Å². The Labute approximate surface area is 116 Å². The summed E-state index contributed by atoms with van der Waals surface area (Å²) in [5.41, 5.74) is 2.00. The summed E-state index contributed by atoms with van der Waals surface area (Å²) in [5.74, 6) is -0.574. The molecule has 0 saturated carbocycles. The Hall–Kier alpha value is -2.69. The van der Waals surface area contributed by atoms with Crippen LogP contribution < -0.4 is 0 Å². The summed E-state index contributed by atoms with van der Waals surface area (Å²) in [6, 6.07) is 13.1. The molecule has 102 valence electrons. The van der Waals surface area contributed by atoms with Gasteiger partial charge in [-0.1, -0.05) is 35.9 Å². The molecule has 0 spiro atoms. The number of hydrogen-bond donors (Lipinski definition) is 0. The summed E-state index contributed by atoms with van der Waals surface area (Å²) < 4.78 is 5.14. The molecule has 0 aliphatic rings. The maximum absolute atomic E-state index is 11.8. The molecular formula is C15H13NO4. The second-order valence-electron chi connectivity index (χ2n) is 4.37. The number of rotatable bonds is 4. The van der Waals surface area contributed by atoms with Crippen molar-refractivity contribution in [3.63, 3.8) is 0 Å². The van der Waals surface area contributed by atoms with Crippen LogP contribution in [0.1, 0.15) is 21.5 Å². The molecule has 5 heteroatoms. The molecule has 0 heterocycles. The normalized spacial score (nSPS) is 10.1. The molecule has 0 amide bonds. The number of nitro groups is 1. The van der Waals surface area contributed by atoms with E-state index < -0.39 is 10.9 Å². The lowest BCUT2D eigenvalue weighted by atomic mass is 10.1. The van der Waals surface area contributed by atoms with Crippen LogP contribution in [0.25, 0.3) is 0 Å². The molecule has 0 fully saturated rings. The molecular weight excluding hydrogens is 258 g/mol. The van der Waals surface area contributed by atoms with Crippen LogP contribution in [-0.2, 0) is 11.3 Å². The van der Waals surface area contributed by atoms with Gasteiger partial charge in [-0.05, 0) is 18.6 Å². The highest BCUT2D eigenvalue weighted by Gasteiger charge is 2.12. The first kappa shape index (κ1) is 13.7. The molecule has 2 aromatic rings. The molecule has 2 rings (SSSR count). The van der Waals surface area contributed by atoms with E-state index in [1.54, 1.807) is 0 Å². The van der Waals surface area contributed by atoms with Gasteiger partial charge in [0.05, 0.1) is 10.5 Å². The first-order valence-electron chi connectivity index (χ1n) is 6.03. The van der Waals surface area contributed by atoms with E-state index in [1.165, 1.54) is 24.3 Å². The first-order valence-corrected chi connectivity index (χ1v) is 6.03. The van der Waals surface area contributed by atoms with Gasteiger partial charge in [0.25, 0.3) is 5.69 Å². The van der Waals surface area contributed by atoms with Crippen LogP contribution in [0.15, 0.2) is 48.5 Å². The van der Waals surface area contributed by atoms with Gasteiger partial charge in [-0.15, -0.1) is 0 Å². The number of nitro benzene ring substituents is 1. The number of esters is 1. The van der Waals surface area contributed by atoms with E-state index in [1.807, 2.05) is 31.2 Å². The minimum absolute atomic E-state index is 0.130. The van der Waals surface area contributed by atoms with Crippen LogP contribution in [0.5, 0.6) is 0 Å². The van der Waals surface area contributed by atoms with Gasteiger partial charge in [0, 0.05) is 12.1 Å². The number of aryl methyl sites for hydroxylation is 1. The zero-order valence-electron chi connectivity index (χ0n) is 10.9. The zero-order chi connectivity index (χ0) is 14.5. The summed E-state index contributed by atoms with van der Waals surface area (Å²) in [6.45, 7) is 2.09. The van der Waals surface area contributed by atoms with Crippen molar-refractivity contribution < 1.29 is 14.5 Å². The Morgan fingerprint density at radius 2 is 1.95 bits per heavy atom.